The topological polar surface area (TPSA) is 95.9 Å². The van der Waals surface area contributed by atoms with Crippen LogP contribution in [0, 0.1) is 11.6 Å². The zero-order chi connectivity index (χ0) is 31.5. The van der Waals surface area contributed by atoms with Gasteiger partial charge in [0.25, 0.3) is 12.0 Å². The molecule has 0 bridgehead atoms. The number of imidazole rings is 1. The van der Waals surface area contributed by atoms with Crippen LogP contribution in [0.3, 0.4) is 0 Å². The molecule has 5 heterocycles. The largest absolute Gasteiger partial charge is 0.480 e. The van der Waals surface area contributed by atoms with E-state index < -0.39 is 48.0 Å². The molecule has 212 valence electrons. The summed E-state index contributed by atoms with van der Waals surface area (Å²) >= 11 is 0. The summed E-state index contributed by atoms with van der Waals surface area (Å²) in [5.41, 5.74) is -3.16. The molecular formula is C27H22F4N6O4. The van der Waals surface area contributed by atoms with Gasteiger partial charge >= 0.3 is 5.69 Å². The summed E-state index contributed by atoms with van der Waals surface area (Å²) in [5, 5.41) is -0.231. The summed E-state index contributed by atoms with van der Waals surface area (Å²) < 4.78 is 91.3. The van der Waals surface area contributed by atoms with E-state index in [4.69, 9.17) is 13.6 Å². The second-order valence-electron chi connectivity index (χ2n) is 9.31. The Labute approximate surface area is 232 Å². The highest BCUT2D eigenvalue weighted by molar-refractivity contribution is 5.87. The Morgan fingerprint density at radius 1 is 1.12 bits per heavy atom. The standard InChI is InChI=1S/C27H22F4N6O4/c1-40-16-6-7-34(13-16)21-11-19-23(25(33-21)41-2)26(38)37(22-12-32-20-9-14(28)5-8-35(20)22)27(39)36(19)15-3-4-18(29)17(10-15)24(30)31/h3-5,8-12,16,24H,6-7,13H2,1-2H3/t16-/m1/s1/i1D3. The van der Waals surface area contributed by atoms with Crippen LogP contribution in [-0.2, 0) is 4.74 Å². The van der Waals surface area contributed by atoms with Crippen LogP contribution in [-0.4, -0.2) is 56.8 Å². The quantitative estimate of drug-likeness (QED) is 0.286. The number of fused-ring (bicyclic) bond motifs is 2. The maximum atomic E-state index is 14.3. The molecule has 0 unspecified atom stereocenters. The highest BCUT2D eigenvalue weighted by atomic mass is 19.3. The fourth-order valence-corrected chi connectivity index (χ4v) is 5.01. The highest BCUT2D eigenvalue weighted by Gasteiger charge is 2.28. The Bertz CT molecular complexity index is 2050. The van der Waals surface area contributed by atoms with Gasteiger partial charge in [-0.25, -0.2) is 31.9 Å². The highest BCUT2D eigenvalue weighted by Crippen LogP contribution is 2.31. The molecule has 0 saturated carbocycles. The molecule has 1 aromatic carbocycles. The molecule has 1 saturated heterocycles. The third kappa shape index (κ3) is 4.30. The number of hydrogen-bond donors (Lipinski definition) is 0. The Balaban J connectivity index is 1.65. The molecule has 0 amide bonds. The summed E-state index contributed by atoms with van der Waals surface area (Å²) in [6, 6.07) is 6.20. The van der Waals surface area contributed by atoms with Crippen molar-refractivity contribution in [2.45, 2.75) is 19.0 Å². The summed E-state index contributed by atoms with van der Waals surface area (Å²) in [6.45, 7) is 0.403. The smallest absolute Gasteiger partial charge is 0.342 e. The number of nitrogens with zero attached hydrogens (tertiary/aromatic N) is 6. The van der Waals surface area contributed by atoms with Gasteiger partial charge in [-0.2, -0.15) is 4.98 Å². The summed E-state index contributed by atoms with van der Waals surface area (Å²) in [7, 11) is -1.39. The number of methoxy groups -OCH3 is 2. The lowest BCUT2D eigenvalue weighted by atomic mass is 10.1. The van der Waals surface area contributed by atoms with E-state index in [1.165, 1.54) is 23.8 Å². The number of pyridine rings is 2. The molecular weight excluding hydrogens is 548 g/mol. The van der Waals surface area contributed by atoms with Gasteiger partial charge in [-0.05, 0) is 30.7 Å². The van der Waals surface area contributed by atoms with Gasteiger partial charge in [-0.1, -0.05) is 0 Å². The molecule has 0 aliphatic carbocycles. The second kappa shape index (κ2) is 10.0. The summed E-state index contributed by atoms with van der Waals surface area (Å²) in [6.07, 6.45) is -1.15. The van der Waals surface area contributed by atoms with E-state index in [1.807, 2.05) is 0 Å². The van der Waals surface area contributed by atoms with E-state index >= 15 is 0 Å². The Kier molecular flexibility index (Phi) is 5.64. The number of halogens is 4. The van der Waals surface area contributed by atoms with Gasteiger partial charge in [0.15, 0.2) is 0 Å². The minimum absolute atomic E-state index is 0.0722. The van der Waals surface area contributed by atoms with Crippen molar-refractivity contribution in [1.82, 2.24) is 23.5 Å². The number of rotatable bonds is 6. The Morgan fingerprint density at radius 2 is 1.95 bits per heavy atom. The molecule has 1 aliphatic heterocycles. The molecule has 6 rings (SSSR count). The number of benzene rings is 1. The lowest BCUT2D eigenvalue weighted by Gasteiger charge is -2.21. The molecule has 14 heteroatoms. The lowest BCUT2D eigenvalue weighted by molar-refractivity contribution is 0.121. The first kappa shape index (κ1) is 23.0. The minimum atomic E-state index is -3.22. The van der Waals surface area contributed by atoms with Crippen LogP contribution in [0.15, 0.2) is 58.4 Å². The average Bonchev–Trinajstić information content (AvgIpc) is 3.59. The van der Waals surface area contributed by atoms with E-state index in [2.05, 4.69) is 9.97 Å². The molecule has 0 radical (unpaired) electrons. The monoisotopic (exact) mass is 573 g/mol. The van der Waals surface area contributed by atoms with Gasteiger partial charge in [-0.15, -0.1) is 0 Å². The van der Waals surface area contributed by atoms with Crippen molar-refractivity contribution >= 4 is 22.4 Å². The molecule has 0 spiro atoms. The third-order valence-electron chi connectivity index (χ3n) is 6.98. The van der Waals surface area contributed by atoms with Crippen LogP contribution in [0.4, 0.5) is 23.4 Å². The molecule has 10 nitrogen and oxygen atoms in total. The zero-order valence-electron chi connectivity index (χ0n) is 24.2. The number of alkyl halides is 2. The number of ether oxygens (including phenoxy) is 2. The van der Waals surface area contributed by atoms with E-state index in [1.54, 1.807) is 4.90 Å². The van der Waals surface area contributed by atoms with Crippen LogP contribution in [0.1, 0.15) is 22.5 Å². The fraction of sp³-hybridized carbons (Fsp3) is 0.259. The van der Waals surface area contributed by atoms with Crippen molar-refractivity contribution in [3.8, 4) is 17.4 Å². The Morgan fingerprint density at radius 3 is 2.71 bits per heavy atom. The maximum Gasteiger partial charge on any atom is 0.342 e. The SMILES string of the molecule is [2H]C([2H])([2H])O[C@@H]1CCN(c2cc3c(c(OC)n2)c(=O)n(-c2cnc4cc(F)ccn24)c(=O)n3-c2ccc(F)c(C(F)F)c2)C1. The van der Waals surface area contributed by atoms with E-state index in [-0.39, 0.29) is 46.3 Å². The van der Waals surface area contributed by atoms with Crippen LogP contribution in [0.2, 0.25) is 0 Å². The van der Waals surface area contributed by atoms with Gasteiger partial charge in [0, 0.05) is 38.5 Å². The van der Waals surface area contributed by atoms with Gasteiger partial charge < -0.3 is 14.4 Å². The fourth-order valence-electron chi connectivity index (χ4n) is 5.01. The van der Waals surface area contributed by atoms with Crippen molar-refractivity contribution in [2.24, 2.45) is 0 Å². The van der Waals surface area contributed by atoms with Crippen molar-refractivity contribution in [2.75, 3.05) is 32.1 Å². The molecule has 1 fully saturated rings. The van der Waals surface area contributed by atoms with Crippen molar-refractivity contribution in [3.63, 3.8) is 0 Å². The van der Waals surface area contributed by atoms with Crippen LogP contribution in [0.5, 0.6) is 5.88 Å². The van der Waals surface area contributed by atoms with Gasteiger partial charge in [-0.3, -0.25) is 13.8 Å². The predicted octanol–water partition coefficient (Wildman–Crippen LogP) is 3.63. The van der Waals surface area contributed by atoms with Crippen LogP contribution in [0.25, 0.3) is 28.1 Å². The van der Waals surface area contributed by atoms with Crippen molar-refractivity contribution in [3.05, 3.63) is 86.8 Å². The summed E-state index contributed by atoms with van der Waals surface area (Å²) in [4.78, 5) is 38.4. The molecule has 0 N–H and O–H groups in total. The van der Waals surface area contributed by atoms with E-state index in [0.29, 0.717) is 17.5 Å². The van der Waals surface area contributed by atoms with Crippen LogP contribution < -0.4 is 20.9 Å². The first-order valence-corrected chi connectivity index (χ1v) is 12.3. The predicted molar refractivity (Wildman–Crippen MR) is 141 cm³/mol. The van der Waals surface area contributed by atoms with Gasteiger partial charge in [0.05, 0.1) is 40.3 Å². The molecule has 1 atom stereocenters. The Hall–Kier alpha value is -4.72. The van der Waals surface area contributed by atoms with E-state index in [9.17, 15) is 27.2 Å². The number of anilines is 1. The van der Waals surface area contributed by atoms with Crippen molar-refractivity contribution < 1.29 is 31.1 Å². The molecule has 41 heavy (non-hydrogen) atoms. The van der Waals surface area contributed by atoms with Gasteiger partial charge in [0.1, 0.15) is 34.3 Å². The normalized spacial score (nSPS) is 16.9. The summed E-state index contributed by atoms with van der Waals surface area (Å²) in [5.74, 6) is -1.97. The maximum absolute atomic E-state index is 14.3. The molecule has 5 aromatic rings. The van der Waals surface area contributed by atoms with Gasteiger partial charge in [0.2, 0.25) is 5.88 Å². The number of aromatic nitrogens is 5. The minimum Gasteiger partial charge on any atom is -0.480 e. The van der Waals surface area contributed by atoms with E-state index in [0.717, 1.165) is 41.1 Å². The first-order valence-electron chi connectivity index (χ1n) is 13.8. The lowest BCUT2D eigenvalue weighted by Crippen LogP contribution is -2.39. The average molecular weight is 574 g/mol. The van der Waals surface area contributed by atoms with Crippen molar-refractivity contribution in [1.29, 1.82) is 0 Å². The zero-order valence-corrected chi connectivity index (χ0v) is 21.2. The second-order valence-corrected chi connectivity index (χ2v) is 9.31. The number of hydrogen-bond acceptors (Lipinski definition) is 7. The van der Waals surface area contributed by atoms with Crippen LogP contribution >= 0.6 is 0 Å². The third-order valence-corrected chi connectivity index (χ3v) is 6.98. The first-order chi connectivity index (χ1) is 20.9. The molecule has 4 aromatic heterocycles. The molecule has 1 aliphatic rings.